The number of rotatable bonds is 4. The Labute approximate surface area is 115 Å². The molecule has 2 rings (SSSR count). The molecule has 0 aliphatic rings. The summed E-state index contributed by atoms with van der Waals surface area (Å²) in [7, 11) is 0. The standard InChI is InChI=1S/C14H14ClFN2O/c1-2-3-6-17-14(19)11-7-9-4-5-10(16)8-12(9)18-13(11)15/h4-5,7-8H,2-3,6H2,1H3,(H,17,19). The van der Waals surface area contributed by atoms with Crippen molar-refractivity contribution in [3.05, 3.63) is 40.8 Å². The minimum absolute atomic E-state index is 0.0899. The molecule has 0 aliphatic carbocycles. The van der Waals surface area contributed by atoms with Gasteiger partial charge in [0.1, 0.15) is 11.0 Å². The summed E-state index contributed by atoms with van der Waals surface area (Å²) in [4.78, 5) is 16.0. The number of hydrogen-bond acceptors (Lipinski definition) is 2. The number of amides is 1. The molecule has 3 nitrogen and oxygen atoms in total. The van der Waals surface area contributed by atoms with Crippen molar-refractivity contribution in [3.8, 4) is 0 Å². The van der Waals surface area contributed by atoms with Gasteiger partial charge >= 0.3 is 0 Å². The van der Waals surface area contributed by atoms with E-state index in [4.69, 9.17) is 11.6 Å². The van der Waals surface area contributed by atoms with Crippen molar-refractivity contribution in [2.45, 2.75) is 19.8 Å². The molecule has 0 spiro atoms. The third-order valence-corrected chi connectivity index (χ3v) is 3.08. The average molecular weight is 281 g/mol. The van der Waals surface area contributed by atoms with Crippen LogP contribution in [0, 0.1) is 5.82 Å². The predicted octanol–water partition coefficient (Wildman–Crippen LogP) is 3.56. The molecule has 19 heavy (non-hydrogen) atoms. The number of nitrogens with one attached hydrogen (secondary N) is 1. The quantitative estimate of drug-likeness (QED) is 0.687. The zero-order valence-corrected chi connectivity index (χ0v) is 11.3. The second-order valence-electron chi connectivity index (χ2n) is 4.27. The molecule has 5 heteroatoms. The van der Waals surface area contributed by atoms with E-state index in [9.17, 15) is 9.18 Å². The number of fused-ring (bicyclic) bond motifs is 1. The van der Waals surface area contributed by atoms with E-state index in [1.165, 1.54) is 12.1 Å². The molecule has 1 heterocycles. The molecule has 100 valence electrons. The van der Waals surface area contributed by atoms with Gasteiger partial charge in [0.15, 0.2) is 0 Å². The van der Waals surface area contributed by atoms with Crippen LogP contribution in [0.2, 0.25) is 5.15 Å². The van der Waals surface area contributed by atoms with Crippen LogP contribution in [-0.2, 0) is 0 Å². The number of nitrogens with zero attached hydrogens (tertiary/aromatic N) is 1. The second kappa shape index (κ2) is 5.97. The van der Waals surface area contributed by atoms with Crippen LogP contribution >= 0.6 is 11.6 Å². The lowest BCUT2D eigenvalue weighted by Gasteiger charge is -2.07. The maximum Gasteiger partial charge on any atom is 0.254 e. The molecule has 0 radical (unpaired) electrons. The maximum atomic E-state index is 13.1. The number of pyridine rings is 1. The zero-order valence-electron chi connectivity index (χ0n) is 10.5. The summed E-state index contributed by atoms with van der Waals surface area (Å²) < 4.78 is 13.1. The number of carbonyl (C=O) groups excluding carboxylic acids is 1. The highest BCUT2D eigenvalue weighted by atomic mass is 35.5. The van der Waals surface area contributed by atoms with Gasteiger partial charge in [0.05, 0.1) is 11.1 Å². The van der Waals surface area contributed by atoms with Crippen LogP contribution in [0.5, 0.6) is 0 Å². The first kappa shape index (κ1) is 13.7. The Bertz CT molecular complexity index is 616. The van der Waals surface area contributed by atoms with Gasteiger partial charge in [-0.25, -0.2) is 9.37 Å². The Kier molecular flexibility index (Phi) is 4.32. The topological polar surface area (TPSA) is 42.0 Å². The van der Waals surface area contributed by atoms with Crippen LogP contribution in [0.4, 0.5) is 4.39 Å². The van der Waals surface area contributed by atoms with E-state index in [-0.39, 0.29) is 16.9 Å². The van der Waals surface area contributed by atoms with Gasteiger partial charge in [-0.3, -0.25) is 4.79 Å². The molecule has 1 aromatic heterocycles. The maximum absolute atomic E-state index is 13.1. The molecular formula is C14H14ClFN2O. The van der Waals surface area contributed by atoms with E-state index in [1.54, 1.807) is 12.1 Å². The highest BCUT2D eigenvalue weighted by molar-refractivity contribution is 6.33. The van der Waals surface area contributed by atoms with Crippen molar-refractivity contribution >= 4 is 28.4 Å². The molecule has 2 aromatic rings. The normalized spacial score (nSPS) is 10.7. The molecule has 0 saturated heterocycles. The Morgan fingerprint density at radius 1 is 1.42 bits per heavy atom. The highest BCUT2D eigenvalue weighted by Crippen LogP contribution is 2.21. The van der Waals surface area contributed by atoms with Crippen molar-refractivity contribution < 1.29 is 9.18 Å². The number of aromatic nitrogens is 1. The molecular weight excluding hydrogens is 267 g/mol. The summed E-state index contributed by atoms with van der Waals surface area (Å²) in [6.45, 7) is 2.65. The summed E-state index contributed by atoms with van der Waals surface area (Å²) >= 11 is 5.97. The fourth-order valence-corrected chi connectivity index (χ4v) is 1.98. The minimum atomic E-state index is -0.379. The molecule has 0 fully saturated rings. The van der Waals surface area contributed by atoms with Crippen molar-refractivity contribution in [1.29, 1.82) is 0 Å². The van der Waals surface area contributed by atoms with Crippen molar-refractivity contribution in [1.82, 2.24) is 10.3 Å². The zero-order chi connectivity index (χ0) is 13.8. The van der Waals surface area contributed by atoms with Crippen LogP contribution in [0.15, 0.2) is 24.3 Å². The Morgan fingerprint density at radius 2 is 2.21 bits per heavy atom. The summed E-state index contributed by atoms with van der Waals surface area (Å²) in [6.07, 6.45) is 1.92. The van der Waals surface area contributed by atoms with Gasteiger partial charge in [-0.2, -0.15) is 0 Å². The van der Waals surface area contributed by atoms with Gasteiger partial charge < -0.3 is 5.32 Å². The first-order valence-electron chi connectivity index (χ1n) is 6.16. The van der Waals surface area contributed by atoms with Gasteiger partial charge in [0.2, 0.25) is 0 Å². The van der Waals surface area contributed by atoms with Crippen LogP contribution in [0.25, 0.3) is 10.9 Å². The van der Waals surface area contributed by atoms with Gasteiger partial charge in [-0.1, -0.05) is 24.9 Å². The fourth-order valence-electron chi connectivity index (χ4n) is 1.75. The molecule has 0 bridgehead atoms. The molecule has 0 saturated carbocycles. The molecule has 0 aliphatic heterocycles. The Hall–Kier alpha value is -1.68. The third kappa shape index (κ3) is 3.20. The number of unbranched alkanes of at least 4 members (excludes halogenated alkanes) is 1. The Balaban J connectivity index is 2.30. The van der Waals surface area contributed by atoms with E-state index < -0.39 is 0 Å². The van der Waals surface area contributed by atoms with E-state index in [1.807, 2.05) is 6.92 Å². The van der Waals surface area contributed by atoms with Crippen LogP contribution in [-0.4, -0.2) is 17.4 Å². The van der Waals surface area contributed by atoms with E-state index in [2.05, 4.69) is 10.3 Å². The van der Waals surface area contributed by atoms with Crippen LogP contribution in [0.3, 0.4) is 0 Å². The fraction of sp³-hybridized carbons (Fsp3) is 0.286. The molecule has 1 aromatic carbocycles. The van der Waals surface area contributed by atoms with Crippen molar-refractivity contribution in [3.63, 3.8) is 0 Å². The van der Waals surface area contributed by atoms with Gasteiger partial charge in [-0.05, 0) is 24.6 Å². The average Bonchev–Trinajstić information content (AvgIpc) is 2.38. The number of carbonyl (C=O) groups is 1. The second-order valence-corrected chi connectivity index (χ2v) is 4.63. The predicted molar refractivity (Wildman–Crippen MR) is 74.0 cm³/mol. The molecule has 1 N–H and O–H groups in total. The molecule has 1 amide bonds. The molecule has 0 unspecified atom stereocenters. The van der Waals surface area contributed by atoms with Crippen LogP contribution < -0.4 is 5.32 Å². The lowest BCUT2D eigenvalue weighted by Crippen LogP contribution is -2.24. The lowest BCUT2D eigenvalue weighted by atomic mass is 10.1. The highest BCUT2D eigenvalue weighted by Gasteiger charge is 2.12. The monoisotopic (exact) mass is 280 g/mol. The largest absolute Gasteiger partial charge is 0.352 e. The van der Waals surface area contributed by atoms with Crippen molar-refractivity contribution in [2.24, 2.45) is 0 Å². The first-order valence-corrected chi connectivity index (χ1v) is 6.53. The smallest absolute Gasteiger partial charge is 0.254 e. The summed E-state index contributed by atoms with van der Waals surface area (Å²) in [5, 5.41) is 3.56. The van der Waals surface area contributed by atoms with Crippen molar-refractivity contribution in [2.75, 3.05) is 6.54 Å². The SMILES string of the molecule is CCCCNC(=O)c1cc2ccc(F)cc2nc1Cl. The number of benzene rings is 1. The van der Waals surface area contributed by atoms with Crippen LogP contribution in [0.1, 0.15) is 30.1 Å². The number of halogens is 2. The third-order valence-electron chi connectivity index (χ3n) is 2.79. The molecule has 0 atom stereocenters. The number of hydrogen-bond donors (Lipinski definition) is 1. The van der Waals surface area contributed by atoms with Gasteiger partial charge in [-0.15, -0.1) is 0 Å². The minimum Gasteiger partial charge on any atom is -0.352 e. The summed E-state index contributed by atoms with van der Waals surface area (Å²) in [6, 6.07) is 5.83. The van der Waals surface area contributed by atoms with E-state index in [0.29, 0.717) is 23.0 Å². The van der Waals surface area contributed by atoms with Gasteiger partial charge in [0, 0.05) is 18.0 Å². The summed E-state index contributed by atoms with van der Waals surface area (Å²) in [5.41, 5.74) is 0.756. The van der Waals surface area contributed by atoms with E-state index in [0.717, 1.165) is 12.8 Å². The lowest BCUT2D eigenvalue weighted by molar-refractivity contribution is 0.0953. The van der Waals surface area contributed by atoms with Gasteiger partial charge in [0.25, 0.3) is 5.91 Å². The Morgan fingerprint density at radius 3 is 2.95 bits per heavy atom. The summed E-state index contributed by atoms with van der Waals surface area (Å²) in [5.74, 6) is -0.631. The van der Waals surface area contributed by atoms with E-state index >= 15 is 0 Å². The first-order chi connectivity index (χ1) is 9.11.